The van der Waals surface area contributed by atoms with Gasteiger partial charge in [-0.2, -0.15) is 0 Å². The Kier molecular flexibility index (Phi) is 6.66. The summed E-state index contributed by atoms with van der Waals surface area (Å²) in [5.74, 6) is 0.546. The van der Waals surface area contributed by atoms with Crippen LogP contribution in [0, 0.1) is 11.7 Å². The van der Waals surface area contributed by atoms with Gasteiger partial charge < -0.3 is 14.8 Å². The van der Waals surface area contributed by atoms with E-state index in [0.29, 0.717) is 22.7 Å². The van der Waals surface area contributed by atoms with Gasteiger partial charge in [-0.3, -0.25) is 9.59 Å². The highest BCUT2D eigenvalue weighted by Crippen LogP contribution is 2.20. The molecule has 1 fully saturated rings. The van der Waals surface area contributed by atoms with Crippen molar-refractivity contribution in [2.45, 2.75) is 31.5 Å². The lowest BCUT2D eigenvalue weighted by Crippen LogP contribution is -2.38. The molecule has 1 aliphatic heterocycles. The number of amides is 2. The summed E-state index contributed by atoms with van der Waals surface area (Å²) in [6.07, 6.45) is 2.10. The SMILES string of the molecule is CC1CCN(C(=O)CSc2nnc(CNC(=O)c3ccccc3F)n2C)CC1. The molecule has 9 heteroatoms. The zero-order valence-corrected chi connectivity index (χ0v) is 16.8. The minimum atomic E-state index is -0.570. The zero-order chi connectivity index (χ0) is 20.1. The molecule has 0 unspecified atom stereocenters. The van der Waals surface area contributed by atoms with Crippen molar-refractivity contribution >= 4 is 23.6 Å². The van der Waals surface area contributed by atoms with E-state index in [-0.39, 0.29) is 18.0 Å². The van der Waals surface area contributed by atoms with Gasteiger partial charge in [-0.1, -0.05) is 30.8 Å². The summed E-state index contributed by atoms with van der Waals surface area (Å²) in [6.45, 7) is 3.96. The summed E-state index contributed by atoms with van der Waals surface area (Å²) >= 11 is 1.33. The van der Waals surface area contributed by atoms with Crippen molar-refractivity contribution in [3.05, 3.63) is 41.5 Å². The van der Waals surface area contributed by atoms with Crippen molar-refractivity contribution in [3.8, 4) is 0 Å². The number of halogens is 1. The number of carbonyl (C=O) groups excluding carboxylic acids is 2. The van der Waals surface area contributed by atoms with Crippen LogP contribution < -0.4 is 5.32 Å². The van der Waals surface area contributed by atoms with Crippen LogP contribution in [0.3, 0.4) is 0 Å². The highest BCUT2D eigenvalue weighted by atomic mass is 32.2. The van der Waals surface area contributed by atoms with Gasteiger partial charge in [0.15, 0.2) is 11.0 Å². The van der Waals surface area contributed by atoms with E-state index in [2.05, 4.69) is 22.4 Å². The second kappa shape index (κ2) is 9.18. The highest BCUT2D eigenvalue weighted by Gasteiger charge is 2.21. The summed E-state index contributed by atoms with van der Waals surface area (Å²) < 4.78 is 15.4. The summed E-state index contributed by atoms with van der Waals surface area (Å²) in [5, 5.41) is 11.4. The fourth-order valence-electron chi connectivity index (χ4n) is 3.00. The van der Waals surface area contributed by atoms with Crippen LogP contribution in [0.15, 0.2) is 29.4 Å². The van der Waals surface area contributed by atoms with Gasteiger partial charge >= 0.3 is 0 Å². The molecule has 2 aromatic rings. The number of thioether (sulfide) groups is 1. The van der Waals surface area contributed by atoms with Gasteiger partial charge in [0, 0.05) is 20.1 Å². The van der Waals surface area contributed by atoms with E-state index in [1.165, 1.54) is 30.0 Å². The first-order chi connectivity index (χ1) is 13.5. The zero-order valence-electron chi connectivity index (χ0n) is 16.0. The predicted molar refractivity (Wildman–Crippen MR) is 104 cm³/mol. The van der Waals surface area contributed by atoms with E-state index in [1.54, 1.807) is 17.7 Å². The molecule has 3 rings (SSSR count). The summed E-state index contributed by atoms with van der Waals surface area (Å²) in [4.78, 5) is 26.4. The van der Waals surface area contributed by atoms with Crippen LogP contribution in [0.1, 0.15) is 35.9 Å². The third-order valence-corrected chi connectivity index (χ3v) is 5.92. The second-order valence-electron chi connectivity index (χ2n) is 6.97. The molecule has 2 heterocycles. The van der Waals surface area contributed by atoms with Crippen LogP contribution in [0.2, 0.25) is 0 Å². The molecule has 0 spiro atoms. The molecule has 150 valence electrons. The molecule has 2 amide bonds. The van der Waals surface area contributed by atoms with Gasteiger partial charge in [-0.05, 0) is 30.9 Å². The van der Waals surface area contributed by atoms with Gasteiger partial charge in [0.05, 0.1) is 17.9 Å². The van der Waals surface area contributed by atoms with Crippen LogP contribution in [0.4, 0.5) is 4.39 Å². The number of nitrogens with zero attached hydrogens (tertiary/aromatic N) is 4. The second-order valence-corrected chi connectivity index (χ2v) is 7.91. The third kappa shape index (κ3) is 4.89. The van der Waals surface area contributed by atoms with Crippen molar-refractivity contribution in [3.63, 3.8) is 0 Å². The molecular formula is C19H24FN5O2S. The molecule has 7 nitrogen and oxygen atoms in total. The van der Waals surface area contributed by atoms with E-state index in [0.717, 1.165) is 25.9 Å². The molecule has 1 aromatic heterocycles. The number of likely N-dealkylation sites (tertiary alicyclic amines) is 1. The van der Waals surface area contributed by atoms with Crippen LogP contribution in [0.5, 0.6) is 0 Å². The fourth-order valence-corrected chi connectivity index (χ4v) is 3.83. The Morgan fingerprint density at radius 1 is 1.25 bits per heavy atom. The number of rotatable bonds is 6. The Bertz CT molecular complexity index is 849. The number of aromatic nitrogens is 3. The van der Waals surface area contributed by atoms with Gasteiger partial charge in [0.1, 0.15) is 5.82 Å². The van der Waals surface area contributed by atoms with E-state index < -0.39 is 11.7 Å². The van der Waals surface area contributed by atoms with Crippen molar-refractivity contribution < 1.29 is 14.0 Å². The van der Waals surface area contributed by atoms with Crippen molar-refractivity contribution in [1.82, 2.24) is 25.0 Å². The largest absolute Gasteiger partial charge is 0.345 e. The van der Waals surface area contributed by atoms with Gasteiger partial charge in [-0.15, -0.1) is 10.2 Å². The first-order valence-electron chi connectivity index (χ1n) is 9.27. The Hall–Kier alpha value is -2.42. The number of hydrogen-bond acceptors (Lipinski definition) is 5. The molecule has 0 radical (unpaired) electrons. The first kappa shape index (κ1) is 20.3. The summed E-state index contributed by atoms with van der Waals surface area (Å²) in [6, 6.07) is 5.81. The van der Waals surface area contributed by atoms with Crippen LogP contribution >= 0.6 is 11.8 Å². The quantitative estimate of drug-likeness (QED) is 0.746. The molecule has 1 saturated heterocycles. The number of piperidine rings is 1. The maximum atomic E-state index is 13.7. The Morgan fingerprint density at radius 2 is 1.96 bits per heavy atom. The number of carbonyl (C=O) groups is 2. The lowest BCUT2D eigenvalue weighted by molar-refractivity contribution is -0.129. The fraction of sp³-hybridized carbons (Fsp3) is 0.474. The molecule has 1 aliphatic rings. The molecule has 0 aliphatic carbocycles. The molecule has 0 bridgehead atoms. The molecular weight excluding hydrogens is 381 g/mol. The Morgan fingerprint density at radius 3 is 2.68 bits per heavy atom. The lowest BCUT2D eigenvalue weighted by Gasteiger charge is -2.30. The first-order valence-corrected chi connectivity index (χ1v) is 10.3. The van der Waals surface area contributed by atoms with Gasteiger partial charge in [0.25, 0.3) is 5.91 Å². The minimum absolute atomic E-state index is 0.0132. The molecule has 0 atom stereocenters. The number of hydrogen-bond donors (Lipinski definition) is 1. The summed E-state index contributed by atoms with van der Waals surface area (Å²) in [7, 11) is 1.78. The Labute approximate surface area is 167 Å². The van der Waals surface area contributed by atoms with Crippen LogP contribution in [-0.4, -0.2) is 50.3 Å². The topological polar surface area (TPSA) is 80.1 Å². The van der Waals surface area contributed by atoms with E-state index in [9.17, 15) is 14.0 Å². The maximum absolute atomic E-state index is 13.7. The molecule has 1 N–H and O–H groups in total. The van der Waals surface area contributed by atoms with E-state index >= 15 is 0 Å². The molecule has 28 heavy (non-hydrogen) atoms. The maximum Gasteiger partial charge on any atom is 0.254 e. The number of benzene rings is 1. The van der Waals surface area contributed by atoms with Gasteiger partial charge in [-0.25, -0.2) is 4.39 Å². The predicted octanol–water partition coefficient (Wildman–Crippen LogP) is 2.23. The van der Waals surface area contributed by atoms with E-state index in [1.807, 2.05) is 4.90 Å². The summed E-state index contributed by atoms with van der Waals surface area (Å²) in [5.41, 5.74) is -0.0132. The van der Waals surface area contributed by atoms with Crippen LogP contribution in [-0.2, 0) is 18.4 Å². The average Bonchev–Trinajstić information content (AvgIpc) is 3.04. The average molecular weight is 405 g/mol. The molecule has 1 aromatic carbocycles. The third-order valence-electron chi connectivity index (χ3n) is 4.91. The van der Waals surface area contributed by atoms with Crippen molar-refractivity contribution in [2.24, 2.45) is 13.0 Å². The lowest BCUT2D eigenvalue weighted by atomic mass is 9.99. The number of nitrogens with one attached hydrogen (secondary N) is 1. The minimum Gasteiger partial charge on any atom is -0.345 e. The van der Waals surface area contributed by atoms with Crippen molar-refractivity contribution in [2.75, 3.05) is 18.8 Å². The molecule has 0 saturated carbocycles. The highest BCUT2D eigenvalue weighted by molar-refractivity contribution is 7.99. The standard InChI is InChI=1S/C19H24FN5O2S/c1-13-7-9-25(10-8-13)17(26)12-28-19-23-22-16(24(19)2)11-21-18(27)14-5-3-4-6-15(14)20/h3-6,13H,7-12H2,1-2H3,(H,21,27). The Balaban J connectivity index is 1.51. The van der Waals surface area contributed by atoms with Gasteiger partial charge in [0.2, 0.25) is 5.91 Å². The van der Waals surface area contributed by atoms with Crippen LogP contribution in [0.25, 0.3) is 0 Å². The smallest absolute Gasteiger partial charge is 0.254 e. The normalized spacial score (nSPS) is 14.9. The van der Waals surface area contributed by atoms with Crippen molar-refractivity contribution in [1.29, 1.82) is 0 Å². The monoisotopic (exact) mass is 405 g/mol. The van der Waals surface area contributed by atoms with E-state index in [4.69, 9.17) is 0 Å².